The summed E-state index contributed by atoms with van der Waals surface area (Å²) in [6.07, 6.45) is 2.00. The summed E-state index contributed by atoms with van der Waals surface area (Å²) in [4.78, 5) is 30.8. The molecule has 1 atom stereocenters. The van der Waals surface area contributed by atoms with Crippen molar-refractivity contribution in [2.45, 2.75) is 39.0 Å². The number of aromatic nitrogens is 2. The van der Waals surface area contributed by atoms with E-state index in [2.05, 4.69) is 15.5 Å². The summed E-state index contributed by atoms with van der Waals surface area (Å²) < 4.78 is 19.4. The Kier molecular flexibility index (Phi) is 6.30. The molecule has 3 aromatic rings. The minimum atomic E-state index is -0.386. The van der Waals surface area contributed by atoms with Gasteiger partial charge in [-0.25, -0.2) is 4.39 Å². The standard InChI is InChI=1S/C24H25FN4O3/c1-3-21(30)26-19-8-4-6-16(12-19)22-27-23(32-28-22)18-7-5-11-29(14-18)24(31)17-10-9-15(2)20(25)13-17/h4,6,8-10,12-13,18H,3,5,7,11,14H2,1-2H3,(H,26,30). The molecule has 2 amide bonds. The monoisotopic (exact) mass is 436 g/mol. The van der Waals surface area contributed by atoms with Gasteiger partial charge in [-0.15, -0.1) is 0 Å². The van der Waals surface area contributed by atoms with Crippen molar-refractivity contribution in [1.29, 1.82) is 0 Å². The Labute approximate surface area is 185 Å². The Hall–Kier alpha value is -3.55. The van der Waals surface area contributed by atoms with Gasteiger partial charge in [0.1, 0.15) is 5.82 Å². The van der Waals surface area contributed by atoms with Crippen molar-refractivity contribution in [2.75, 3.05) is 18.4 Å². The number of aryl methyl sites for hydroxylation is 1. The minimum absolute atomic E-state index is 0.0728. The first-order chi connectivity index (χ1) is 15.4. The third kappa shape index (κ3) is 4.69. The second-order valence-electron chi connectivity index (χ2n) is 7.99. The fourth-order valence-corrected chi connectivity index (χ4v) is 3.78. The van der Waals surface area contributed by atoms with Gasteiger partial charge in [0.2, 0.25) is 17.6 Å². The van der Waals surface area contributed by atoms with Crippen LogP contribution in [0.1, 0.15) is 53.9 Å². The van der Waals surface area contributed by atoms with Gasteiger partial charge in [0.25, 0.3) is 5.91 Å². The lowest BCUT2D eigenvalue weighted by molar-refractivity contribution is -0.115. The van der Waals surface area contributed by atoms with Crippen LogP contribution in [0.15, 0.2) is 47.0 Å². The van der Waals surface area contributed by atoms with Crippen LogP contribution >= 0.6 is 0 Å². The van der Waals surface area contributed by atoms with Crippen LogP contribution in [0.2, 0.25) is 0 Å². The lowest BCUT2D eigenvalue weighted by atomic mass is 9.97. The fourth-order valence-electron chi connectivity index (χ4n) is 3.78. The molecular weight excluding hydrogens is 411 g/mol. The van der Waals surface area contributed by atoms with E-state index in [4.69, 9.17) is 4.52 Å². The summed E-state index contributed by atoms with van der Waals surface area (Å²) in [5.74, 6) is 0.145. The topological polar surface area (TPSA) is 88.3 Å². The number of amides is 2. The number of piperidine rings is 1. The van der Waals surface area contributed by atoms with E-state index in [1.165, 1.54) is 6.07 Å². The average molecular weight is 436 g/mol. The summed E-state index contributed by atoms with van der Waals surface area (Å²) in [5, 5.41) is 6.92. The highest BCUT2D eigenvalue weighted by Crippen LogP contribution is 2.29. The van der Waals surface area contributed by atoms with Crippen LogP contribution in [0.5, 0.6) is 0 Å². The summed E-state index contributed by atoms with van der Waals surface area (Å²) in [6.45, 7) is 4.49. The van der Waals surface area contributed by atoms with Crippen molar-refractivity contribution in [3.8, 4) is 11.4 Å². The number of benzene rings is 2. The highest BCUT2D eigenvalue weighted by molar-refractivity contribution is 5.94. The number of hydrogen-bond donors (Lipinski definition) is 1. The van der Waals surface area contributed by atoms with Crippen molar-refractivity contribution in [1.82, 2.24) is 15.0 Å². The summed E-state index contributed by atoms with van der Waals surface area (Å²) in [5.41, 5.74) is 2.24. The predicted octanol–water partition coefficient (Wildman–Crippen LogP) is 4.55. The number of carbonyl (C=O) groups is 2. The second-order valence-corrected chi connectivity index (χ2v) is 7.99. The molecule has 1 aromatic heterocycles. The molecule has 1 aliphatic rings. The van der Waals surface area contributed by atoms with E-state index in [0.717, 1.165) is 18.4 Å². The zero-order valence-corrected chi connectivity index (χ0v) is 18.1. The van der Waals surface area contributed by atoms with Gasteiger partial charge >= 0.3 is 0 Å². The molecular formula is C24H25FN4O3. The number of carbonyl (C=O) groups excluding carboxylic acids is 2. The zero-order valence-electron chi connectivity index (χ0n) is 18.1. The Bertz CT molecular complexity index is 1140. The number of likely N-dealkylation sites (tertiary alicyclic amines) is 1. The lowest BCUT2D eigenvalue weighted by Crippen LogP contribution is -2.39. The van der Waals surface area contributed by atoms with Crippen molar-refractivity contribution >= 4 is 17.5 Å². The van der Waals surface area contributed by atoms with Crippen LogP contribution < -0.4 is 5.32 Å². The number of hydrogen-bond acceptors (Lipinski definition) is 5. The van der Waals surface area contributed by atoms with Crippen molar-refractivity contribution in [3.05, 3.63) is 65.3 Å². The van der Waals surface area contributed by atoms with E-state index < -0.39 is 0 Å². The molecule has 1 unspecified atom stereocenters. The van der Waals surface area contributed by atoms with E-state index in [-0.39, 0.29) is 23.5 Å². The van der Waals surface area contributed by atoms with Gasteiger partial charge < -0.3 is 14.7 Å². The van der Waals surface area contributed by atoms with Crippen LogP contribution in [-0.2, 0) is 4.79 Å². The predicted molar refractivity (Wildman–Crippen MR) is 118 cm³/mol. The largest absolute Gasteiger partial charge is 0.339 e. The molecule has 7 nitrogen and oxygen atoms in total. The van der Waals surface area contributed by atoms with Crippen molar-refractivity contribution in [2.24, 2.45) is 0 Å². The molecule has 2 aromatic carbocycles. The van der Waals surface area contributed by atoms with Crippen LogP contribution in [0, 0.1) is 12.7 Å². The summed E-state index contributed by atoms with van der Waals surface area (Å²) in [7, 11) is 0. The van der Waals surface area contributed by atoms with Gasteiger partial charge in [-0.1, -0.05) is 30.3 Å². The van der Waals surface area contributed by atoms with Gasteiger partial charge in [0, 0.05) is 36.3 Å². The number of halogens is 1. The molecule has 1 aliphatic heterocycles. The molecule has 0 aliphatic carbocycles. The summed E-state index contributed by atoms with van der Waals surface area (Å²) in [6, 6.07) is 11.8. The Morgan fingerprint density at radius 3 is 2.88 bits per heavy atom. The molecule has 1 N–H and O–H groups in total. The highest BCUT2D eigenvalue weighted by Gasteiger charge is 2.29. The Balaban J connectivity index is 1.48. The molecule has 0 bridgehead atoms. The van der Waals surface area contributed by atoms with Gasteiger partial charge in [0.05, 0.1) is 5.92 Å². The van der Waals surface area contributed by atoms with E-state index in [1.54, 1.807) is 43.0 Å². The van der Waals surface area contributed by atoms with Crippen LogP contribution in [-0.4, -0.2) is 39.9 Å². The van der Waals surface area contributed by atoms with E-state index >= 15 is 0 Å². The first-order valence-corrected chi connectivity index (χ1v) is 10.7. The fraction of sp³-hybridized carbons (Fsp3) is 0.333. The first-order valence-electron chi connectivity index (χ1n) is 10.7. The molecule has 1 saturated heterocycles. The summed E-state index contributed by atoms with van der Waals surface area (Å²) >= 11 is 0. The highest BCUT2D eigenvalue weighted by atomic mass is 19.1. The van der Waals surface area contributed by atoms with Crippen LogP contribution in [0.4, 0.5) is 10.1 Å². The smallest absolute Gasteiger partial charge is 0.253 e. The minimum Gasteiger partial charge on any atom is -0.339 e. The van der Waals surface area contributed by atoms with E-state index in [1.807, 2.05) is 12.1 Å². The third-order valence-electron chi connectivity index (χ3n) is 5.64. The quantitative estimate of drug-likeness (QED) is 0.634. The van der Waals surface area contributed by atoms with Gasteiger partial charge in [0.15, 0.2) is 0 Å². The molecule has 8 heteroatoms. The van der Waals surface area contributed by atoms with Crippen LogP contribution in [0.25, 0.3) is 11.4 Å². The average Bonchev–Trinajstić information content (AvgIpc) is 3.31. The number of nitrogens with zero attached hydrogens (tertiary/aromatic N) is 3. The number of nitrogens with one attached hydrogen (secondary N) is 1. The molecule has 2 heterocycles. The van der Waals surface area contributed by atoms with E-state index in [9.17, 15) is 14.0 Å². The van der Waals surface area contributed by atoms with Crippen LogP contribution in [0.3, 0.4) is 0 Å². The molecule has 1 fully saturated rings. The Morgan fingerprint density at radius 1 is 1.25 bits per heavy atom. The van der Waals surface area contributed by atoms with Crippen molar-refractivity contribution < 1.29 is 18.5 Å². The maximum absolute atomic E-state index is 13.9. The van der Waals surface area contributed by atoms with Gasteiger partial charge in [-0.3, -0.25) is 9.59 Å². The molecule has 0 spiro atoms. The molecule has 0 saturated carbocycles. The normalized spacial score (nSPS) is 16.1. The third-order valence-corrected chi connectivity index (χ3v) is 5.64. The van der Waals surface area contributed by atoms with Gasteiger partial charge in [-0.05, 0) is 49.6 Å². The Morgan fingerprint density at radius 2 is 2.09 bits per heavy atom. The van der Waals surface area contributed by atoms with Crippen molar-refractivity contribution in [3.63, 3.8) is 0 Å². The zero-order chi connectivity index (χ0) is 22.7. The second kappa shape index (κ2) is 9.30. The lowest BCUT2D eigenvalue weighted by Gasteiger charge is -2.31. The maximum atomic E-state index is 13.9. The maximum Gasteiger partial charge on any atom is 0.253 e. The molecule has 32 heavy (non-hydrogen) atoms. The number of rotatable bonds is 5. The van der Waals surface area contributed by atoms with E-state index in [0.29, 0.717) is 48.0 Å². The number of anilines is 1. The molecule has 4 rings (SSSR count). The molecule has 0 radical (unpaired) electrons. The molecule has 166 valence electrons. The van der Waals surface area contributed by atoms with Gasteiger partial charge in [-0.2, -0.15) is 4.98 Å². The first kappa shape index (κ1) is 21.7. The SMILES string of the molecule is CCC(=O)Nc1cccc(-c2noc(C3CCCN(C(=O)c4ccc(C)c(F)c4)C3)n2)c1.